The molecule has 5 rings (SSSR count). The molecule has 0 bridgehead atoms. The summed E-state index contributed by atoms with van der Waals surface area (Å²) < 4.78 is 38.5. The lowest BCUT2D eigenvalue weighted by Gasteiger charge is -2.15. The third-order valence-electron chi connectivity index (χ3n) is 4.81. The Labute approximate surface area is 168 Å². The van der Waals surface area contributed by atoms with E-state index in [4.69, 9.17) is 4.74 Å². The van der Waals surface area contributed by atoms with Crippen LogP contribution in [0.25, 0.3) is 27.7 Å². The highest BCUT2D eigenvalue weighted by Crippen LogP contribution is 2.36. The van der Waals surface area contributed by atoms with Crippen molar-refractivity contribution < 1.29 is 13.5 Å². The van der Waals surface area contributed by atoms with E-state index in [2.05, 4.69) is 25.4 Å². The zero-order valence-corrected chi connectivity index (χ0v) is 16.0. The molecule has 0 radical (unpaired) electrons. The van der Waals surface area contributed by atoms with Crippen molar-refractivity contribution in [3.8, 4) is 17.0 Å². The lowest BCUT2D eigenvalue weighted by molar-refractivity contribution is 0.0306. The predicted molar refractivity (Wildman–Crippen MR) is 104 cm³/mol. The molecule has 1 aromatic carbocycles. The van der Waals surface area contributed by atoms with Gasteiger partial charge in [-0.15, -0.1) is 15.3 Å². The summed E-state index contributed by atoms with van der Waals surface area (Å²) >= 11 is 0. The van der Waals surface area contributed by atoms with Crippen molar-refractivity contribution in [2.45, 2.75) is 5.92 Å². The average molecular weight is 407 g/mol. The third-order valence-corrected chi connectivity index (χ3v) is 4.81. The molecule has 0 aliphatic heterocycles. The number of methoxy groups -OCH3 is 1. The van der Waals surface area contributed by atoms with Gasteiger partial charge < -0.3 is 4.74 Å². The van der Waals surface area contributed by atoms with Gasteiger partial charge in [-0.05, 0) is 24.3 Å². The van der Waals surface area contributed by atoms with Gasteiger partial charge in [-0.1, -0.05) is 6.07 Å². The second kappa shape index (κ2) is 6.55. The molecule has 0 fully saturated rings. The summed E-state index contributed by atoms with van der Waals surface area (Å²) in [5.41, 5.74) is 2.21. The fourth-order valence-corrected chi connectivity index (χ4v) is 3.26. The summed E-state index contributed by atoms with van der Waals surface area (Å²) in [6, 6.07) is 9.16. The molecule has 10 heteroatoms. The summed E-state index contributed by atoms with van der Waals surface area (Å²) in [4.78, 5) is 4.38. The molecule has 0 aliphatic rings. The lowest BCUT2D eigenvalue weighted by Crippen LogP contribution is -2.20. The Morgan fingerprint density at radius 1 is 1.00 bits per heavy atom. The largest absolute Gasteiger partial charge is 0.480 e. The molecule has 5 aromatic rings. The predicted octanol–water partition coefficient (Wildman–Crippen LogP) is 3.22. The Bertz CT molecular complexity index is 1390. The normalized spacial score (nSPS) is 12.0. The molecule has 8 nitrogen and oxygen atoms in total. The molecule has 30 heavy (non-hydrogen) atoms. The van der Waals surface area contributed by atoms with Crippen molar-refractivity contribution in [1.29, 1.82) is 0 Å². The van der Waals surface area contributed by atoms with Gasteiger partial charge >= 0.3 is 5.92 Å². The number of nitrogens with zero attached hydrogens (tertiary/aromatic N) is 7. The SMILES string of the molecule is COc1ccc2nnc(C(F)(F)c3ccc4ncc(-c5cnn(C)c5)cc4c3)n2n1. The average Bonchev–Trinajstić information content (AvgIpc) is 3.39. The van der Waals surface area contributed by atoms with Crippen molar-refractivity contribution in [3.05, 3.63) is 66.4 Å². The van der Waals surface area contributed by atoms with Gasteiger partial charge in [0.2, 0.25) is 11.7 Å². The maximum atomic E-state index is 15.4. The molecule has 0 aliphatic carbocycles. The molecule has 0 spiro atoms. The minimum Gasteiger partial charge on any atom is -0.480 e. The first kappa shape index (κ1) is 18.1. The number of ether oxygens (including phenoxy) is 1. The molecule has 150 valence electrons. The summed E-state index contributed by atoms with van der Waals surface area (Å²) in [7, 11) is 3.22. The van der Waals surface area contributed by atoms with Gasteiger partial charge in [-0.25, -0.2) is 0 Å². The van der Waals surface area contributed by atoms with Crippen molar-refractivity contribution in [1.82, 2.24) is 34.6 Å². The van der Waals surface area contributed by atoms with Gasteiger partial charge in [0, 0.05) is 47.6 Å². The van der Waals surface area contributed by atoms with Crippen molar-refractivity contribution in [2.24, 2.45) is 7.05 Å². The Kier molecular flexibility index (Phi) is 3.95. The second-order valence-corrected chi connectivity index (χ2v) is 6.78. The minimum absolute atomic E-state index is 0.183. The van der Waals surface area contributed by atoms with Crippen LogP contribution in [0, 0.1) is 0 Å². The number of pyridine rings is 1. The van der Waals surface area contributed by atoms with Crippen molar-refractivity contribution in [3.63, 3.8) is 0 Å². The highest BCUT2D eigenvalue weighted by Gasteiger charge is 2.40. The van der Waals surface area contributed by atoms with Crippen LogP contribution in [0.5, 0.6) is 5.88 Å². The molecule has 0 N–H and O–H groups in total. The summed E-state index contributed by atoms with van der Waals surface area (Å²) in [5, 5.41) is 16.2. The van der Waals surface area contributed by atoms with E-state index in [0.717, 1.165) is 15.6 Å². The molecule has 0 atom stereocenters. The fourth-order valence-electron chi connectivity index (χ4n) is 3.26. The zero-order valence-electron chi connectivity index (χ0n) is 16.0. The van der Waals surface area contributed by atoms with Crippen LogP contribution in [0.4, 0.5) is 8.78 Å². The van der Waals surface area contributed by atoms with Crippen LogP contribution in [0.15, 0.2) is 55.0 Å². The summed E-state index contributed by atoms with van der Waals surface area (Å²) in [6.45, 7) is 0. The molecular weight excluding hydrogens is 392 g/mol. The van der Waals surface area contributed by atoms with Crippen LogP contribution >= 0.6 is 0 Å². The number of benzene rings is 1. The number of aryl methyl sites for hydroxylation is 1. The van der Waals surface area contributed by atoms with Gasteiger partial charge in [-0.3, -0.25) is 9.67 Å². The molecule has 0 saturated heterocycles. The van der Waals surface area contributed by atoms with E-state index in [0.29, 0.717) is 10.9 Å². The van der Waals surface area contributed by atoms with Gasteiger partial charge in [0.15, 0.2) is 5.65 Å². The van der Waals surface area contributed by atoms with Crippen molar-refractivity contribution >= 4 is 16.6 Å². The quantitative estimate of drug-likeness (QED) is 0.455. The van der Waals surface area contributed by atoms with Crippen LogP contribution in [0.3, 0.4) is 0 Å². The van der Waals surface area contributed by atoms with Crippen LogP contribution in [0.1, 0.15) is 11.4 Å². The molecule has 0 saturated carbocycles. The Balaban J connectivity index is 1.62. The molecular formula is C20H15F2N7O. The van der Waals surface area contributed by atoms with Crippen LogP contribution < -0.4 is 4.74 Å². The lowest BCUT2D eigenvalue weighted by atomic mass is 10.0. The molecule has 4 aromatic heterocycles. The maximum Gasteiger partial charge on any atom is 0.333 e. The number of halogens is 2. The second-order valence-electron chi connectivity index (χ2n) is 6.78. The number of hydrogen-bond acceptors (Lipinski definition) is 6. The maximum absolute atomic E-state index is 15.4. The standard InChI is InChI=1S/C20H15F2N7O/c1-28-11-14(10-24-28)13-7-12-8-15(3-4-16(12)23-9-13)20(21,22)19-26-25-17-5-6-18(30-2)27-29(17)19/h3-11H,1-2H3. The van der Waals surface area contributed by atoms with Gasteiger partial charge in [-0.2, -0.15) is 18.4 Å². The van der Waals surface area contributed by atoms with E-state index >= 15 is 8.78 Å². The zero-order chi connectivity index (χ0) is 20.9. The monoisotopic (exact) mass is 407 g/mol. The fraction of sp³-hybridized carbons (Fsp3) is 0.150. The summed E-state index contributed by atoms with van der Waals surface area (Å²) in [6.07, 6.45) is 5.23. The van der Waals surface area contributed by atoms with Gasteiger partial charge in [0.1, 0.15) is 0 Å². The van der Waals surface area contributed by atoms with E-state index < -0.39 is 11.7 Å². The first-order chi connectivity index (χ1) is 14.5. The van der Waals surface area contributed by atoms with Crippen LogP contribution in [0.2, 0.25) is 0 Å². The summed E-state index contributed by atoms with van der Waals surface area (Å²) in [5.74, 6) is -3.84. The Morgan fingerprint density at radius 2 is 1.87 bits per heavy atom. The smallest absolute Gasteiger partial charge is 0.333 e. The van der Waals surface area contributed by atoms with Crippen molar-refractivity contribution in [2.75, 3.05) is 7.11 Å². The van der Waals surface area contributed by atoms with Gasteiger partial charge in [0.05, 0.1) is 18.8 Å². The Hall–Kier alpha value is -3.95. The molecule has 4 heterocycles. The first-order valence-corrected chi connectivity index (χ1v) is 9.00. The number of rotatable bonds is 4. The number of aromatic nitrogens is 7. The molecule has 0 unspecified atom stereocenters. The first-order valence-electron chi connectivity index (χ1n) is 9.00. The van der Waals surface area contributed by atoms with E-state index in [1.54, 1.807) is 23.1 Å². The number of hydrogen-bond donors (Lipinski definition) is 0. The van der Waals surface area contributed by atoms with E-state index in [-0.39, 0.29) is 17.1 Å². The van der Waals surface area contributed by atoms with Gasteiger partial charge in [0.25, 0.3) is 0 Å². The van der Waals surface area contributed by atoms with Crippen LogP contribution in [-0.2, 0) is 13.0 Å². The number of alkyl halides is 2. The van der Waals surface area contributed by atoms with E-state index in [9.17, 15) is 0 Å². The highest BCUT2D eigenvalue weighted by molar-refractivity contribution is 5.84. The number of fused-ring (bicyclic) bond motifs is 2. The Morgan fingerprint density at radius 3 is 2.63 bits per heavy atom. The van der Waals surface area contributed by atoms with E-state index in [1.807, 2.05) is 19.3 Å². The molecule has 0 amide bonds. The van der Waals surface area contributed by atoms with E-state index in [1.165, 1.54) is 31.4 Å². The third kappa shape index (κ3) is 2.84. The minimum atomic E-state index is -3.43. The topological polar surface area (TPSA) is 83.0 Å². The highest BCUT2D eigenvalue weighted by atomic mass is 19.3. The van der Waals surface area contributed by atoms with Crippen LogP contribution in [-0.4, -0.2) is 41.7 Å².